The highest BCUT2D eigenvalue weighted by Gasteiger charge is 2.24. The Morgan fingerprint density at radius 3 is 2.47 bits per heavy atom. The van der Waals surface area contributed by atoms with Crippen molar-refractivity contribution in [3.8, 4) is 5.75 Å². The predicted molar refractivity (Wildman–Crippen MR) is 116 cm³/mol. The highest BCUT2D eigenvalue weighted by molar-refractivity contribution is 5.99. The van der Waals surface area contributed by atoms with Crippen molar-refractivity contribution < 1.29 is 28.3 Å². The Labute approximate surface area is 184 Å². The van der Waals surface area contributed by atoms with Crippen LogP contribution in [0.4, 0.5) is 4.79 Å². The van der Waals surface area contributed by atoms with Gasteiger partial charge in [0, 0.05) is 11.4 Å². The number of urea groups is 1. The Kier molecular flexibility index (Phi) is 6.69. The SMILES string of the molecule is O=C(COC(=O)c1oc2ccccc2c1COc1ccccc1)NC(=O)NC1CCCC1. The normalized spacial score (nSPS) is 13.6. The molecule has 2 N–H and O–H groups in total. The van der Waals surface area contributed by atoms with E-state index in [2.05, 4.69) is 10.6 Å². The lowest BCUT2D eigenvalue weighted by atomic mass is 10.1. The second-order valence-electron chi connectivity index (χ2n) is 7.59. The summed E-state index contributed by atoms with van der Waals surface area (Å²) in [6.45, 7) is -0.519. The van der Waals surface area contributed by atoms with Gasteiger partial charge < -0.3 is 19.2 Å². The molecule has 1 aromatic heterocycles. The second-order valence-corrected chi connectivity index (χ2v) is 7.59. The summed E-state index contributed by atoms with van der Waals surface area (Å²) in [5.74, 6) is -0.915. The number of para-hydroxylation sites is 2. The number of imide groups is 1. The van der Waals surface area contributed by atoms with Gasteiger partial charge in [-0.2, -0.15) is 0 Å². The molecule has 0 radical (unpaired) electrons. The molecule has 32 heavy (non-hydrogen) atoms. The summed E-state index contributed by atoms with van der Waals surface area (Å²) in [7, 11) is 0. The molecule has 2 aromatic carbocycles. The third-order valence-electron chi connectivity index (χ3n) is 5.29. The van der Waals surface area contributed by atoms with Gasteiger partial charge in [0.15, 0.2) is 6.61 Å². The minimum absolute atomic E-state index is 0.0367. The number of fused-ring (bicyclic) bond motifs is 1. The Morgan fingerprint density at radius 1 is 0.969 bits per heavy atom. The van der Waals surface area contributed by atoms with Crippen molar-refractivity contribution in [1.29, 1.82) is 0 Å². The van der Waals surface area contributed by atoms with Gasteiger partial charge in [0.1, 0.15) is 17.9 Å². The van der Waals surface area contributed by atoms with Gasteiger partial charge in [0.25, 0.3) is 5.91 Å². The van der Waals surface area contributed by atoms with Crippen LogP contribution in [0.15, 0.2) is 59.0 Å². The van der Waals surface area contributed by atoms with Gasteiger partial charge in [-0.25, -0.2) is 9.59 Å². The van der Waals surface area contributed by atoms with Crippen LogP contribution < -0.4 is 15.4 Å². The lowest BCUT2D eigenvalue weighted by Gasteiger charge is -2.12. The molecule has 1 aliphatic carbocycles. The summed E-state index contributed by atoms with van der Waals surface area (Å²) in [5.41, 5.74) is 1.03. The zero-order chi connectivity index (χ0) is 22.3. The van der Waals surface area contributed by atoms with Crippen LogP contribution in [0.2, 0.25) is 0 Å². The molecule has 4 rings (SSSR count). The van der Waals surface area contributed by atoms with Crippen LogP contribution >= 0.6 is 0 Å². The van der Waals surface area contributed by atoms with Crippen molar-refractivity contribution in [1.82, 2.24) is 10.6 Å². The molecule has 1 heterocycles. The highest BCUT2D eigenvalue weighted by Crippen LogP contribution is 2.28. The van der Waals surface area contributed by atoms with Crippen molar-refractivity contribution >= 4 is 28.9 Å². The Bertz CT molecular complexity index is 1100. The molecule has 1 saturated carbocycles. The van der Waals surface area contributed by atoms with Gasteiger partial charge in [0.2, 0.25) is 5.76 Å². The summed E-state index contributed by atoms with van der Waals surface area (Å²) >= 11 is 0. The predicted octanol–water partition coefficient (Wildman–Crippen LogP) is 3.94. The molecule has 166 valence electrons. The van der Waals surface area contributed by atoms with E-state index in [1.165, 1.54) is 0 Å². The number of hydrogen-bond acceptors (Lipinski definition) is 6. The van der Waals surface area contributed by atoms with Crippen LogP contribution in [0.1, 0.15) is 41.8 Å². The van der Waals surface area contributed by atoms with Gasteiger partial charge in [-0.1, -0.05) is 49.2 Å². The van der Waals surface area contributed by atoms with E-state index < -0.39 is 24.5 Å². The smallest absolute Gasteiger partial charge is 0.375 e. The summed E-state index contributed by atoms with van der Waals surface area (Å²) in [6.07, 6.45) is 3.92. The van der Waals surface area contributed by atoms with Crippen LogP contribution in [0.3, 0.4) is 0 Å². The third kappa shape index (κ3) is 5.26. The number of hydrogen-bond donors (Lipinski definition) is 2. The molecule has 0 bridgehead atoms. The van der Waals surface area contributed by atoms with Crippen molar-refractivity contribution in [2.45, 2.75) is 38.3 Å². The number of carbonyl (C=O) groups is 3. The largest absolute Gasteiger partial charge is 0.489 e. The maximum Gasteiger partial charge on any atom is 0.375 e. The molecule has 0 unspecified atom stereocenters. The van der Waals surface area contributed by atoms with E-state index in [0.717, 1.165) is 31.1 Å². The number of esters is 1. The number of furan rings is 1. The maximum absolute atomic E-state index is 12.7. The fourth-order valence-corrected chi connectivity index (χ4v) is 3.73. The average molecular weight is 436 g/mol. The maximum atomic E-state index is 12.7. The fraction of sp³-hybridized carbons (Fsp3) is 0.292. The minimum Gasteiger partial charge on any atom is -0.489 e. The Hall–Kier alpha value is -3.81. The quantitative estimate of drug-likeness (QED) is 0.544. The van der Waals surface area contributed by atoms with E-state index in [4.69, 9.17) is 13.9 Å². The number of benzene rings is 2. The Morgan fingerprint density at radius 2 is 1.69 bits per heavy atom. The van der Waals surface area contributed by atoms with Crippen LogP contribution in [0.5, 0.6) is 5.75 Å². The molecule has 1 fully saturated rings. The van der Waals surface area contributed by atoms with Gasteiger partial charge in [-0.3, -0.25) is 10.1 Å². The lowest BCUT2D eigenvalue weighted by molar-refractivity contribution is -0.123. The summed E-state index contributed by atoms with van der Waals surface area (Å²) in [5, 5.41) is 5.64. The average Bonchev–Trinajstić information content (AvgIpc) is 3.44. The summed E-state index contributed by atoms with van der Waals surface area (Å²) < 4.78 is 16.6. The van der Waals surface area contributed by atoms with Gasteiger partial charge in [0.05, 0.1) is 5.56 Å². The molecule has 3 amide bonds. The van der Waals surface area contributed by atoms with Crippen LogP contribution in [0.25, 0.3) is 11.0 Å². The van der Waals surface area contributed by atoms with E-state index in [0.29, 0.717) is 16.9 Å². The molecule has 8 heteroatoms. The zero-order valence-corrected chi connectivity index (χ0v) is 17.5. The lowest BCUT2D eigenvalue weighted by Crippen LogP contribution is -2.45. The molecular formula is C24H24N2O6. The van der Waals surface area contributed by atoms with E-state index >= 15 is 0 Å². The Balaban J connectivity index is 1.39. The van der Waals surface area contributed by atoms with Gasteiger partial charge in [-0.15, -0.1) is 0 Å². The van der Waals surface area contributed by atoms with Crippen LogP contribution in [0, 0.1) is 0 Å². The van der Waals surface area contributed by atoms with E-state index in [1.54, 1.807) is 24.3 Å². The van der Waals surface area contributed by atoms with E-state index in [-0.39, 0.29) is 18.4 Å². The molecule has 0 atom stereocenters. The topological polar surface area (TPSA) is 107 Å². The first-order valence-electron chi connectivity index (χ1n) is 10.6. The van der Waals surface area contributed by atoms with E-state index in [9.17, 15) is 14.4 Å². The molecule has 0 spiro atoms. The van der Waals surface area contributed by atoms with E-state index in [1.807, 2.05) is 30.3 Å². The zero-order valence-electron chi connectivity index (χ0n) is 17.5. The number of carbonyl (C=O) groups excluding carboxylic acids is 3. The standard InChI is InChI=1S/C24H24N2O6/c27-21(26-24(29)25-16-8-4-5-9-16)15-31-23(28)22-19(14-30-17-10-2-1-3-11-17)18-12-6-7-13-20(18)32-22/h1-3,6-7,10-13,16H,4-5,8-9,14-15H2,(H2,25,26,27,29). The van der Waals surface area contributed by atoms with Crippen LogP contribution in [-0.4, -0.2) is 30.6 Å². The van der Waals surface area contributed by atoms with Crippen LogP contribution in [-0.2, 0) is 16.1 Å². The number of ether oxygens (including phenoxy) is 2. The molecule has 8 nitrogen and oxygen atoms in total. The molecule has 3 aromatic rings. The van der Waals surface area contributed by atoms with Crippen molar-refractivity contribution in [3.05, 3.63) is 65.9 Å². The van der Waals surface area contributed by atoms with Crippen molar-refractivity contribution in [3.63, 3.8) is 0 Å². The number of rotatable bonds is 7. The second kappa shape index (κ2) is 10.00. The summed E-state index contributed by atoms with van der Waals surface area (Å²) in [4.78, 5) is 36.6. The molecular weight excluding hydrogens is 412 g/mol. The van der Waals surface area contributed by atoms with Gasteiger partial charge >= 0.3 is 12.0 Å². The summed E-state index contributed by atoms with van der Waals surface area (Å²) in [6, 6.07) is 15.8. The van der Waals surface area contributed by atoms with Gasteiger partial charge in [-0.05, 0) is 31.0 Å². The first kappa shape index (κ1) is 21.4. The first-order valence-corrected chi connectivity index (χ1v) is 10.6. The molecule has 0 aliphatic heterocycles. The minimum atomic E-state index is -0.806. The third-order valence-corrected chi connectivity index (χ3v) is 5.29. The van der Waals surface area contributed by atoms with Crippen molar-refractivity contribution in [2.75, 3.05) is 6.61 Å². The monoisotopic (exact) mass is 436 g/mol. The molecule has 1 aliphatic rings. The number of nitrogens with one attached hydrogen (secondary N) is 2. The first-order chi connectivity index (χ1) is 15.6. The fourth-order valence-electron chi connectivity index (χ4n) is 3.73. The van der Waals surface area contributed by atoms with Crippen molar-refractivity contribution in [2.24, 2.45) is 0 Å². The molecule has 0 saturated heterocycles. The highest BCUT2D eigenvalue weighted by atomic mass is 16.5. The number of amides is 3.